The summed E-state index contributed by atoms with van der Waals surface area (Å²) in [6.45, 7) is 6.57. The lowest BCUT2D eigenvalue weighted by molar-refractivity contribution is -0.138. The summed E-state index contributed by atoms with van der Waals surface area (Å²) in [4.78, 5) is 34.8. The molecule has 0 unspecified atom stereocenters. The molecule has 12 heteroatoms. The van der Waals surface area contributed by atoms with E-state index in [-0.39, 0.29) is 30.0 Å². The van der Waals surface area contributed by atoms with Crippen molar-refractivity contribution < 1.29 is 22.4 Å². The maximum Gasteiger partial charge on any atom is 0.416 e. The highest BCUT2D eigenvalue weighted by molar-refractivity contribution is 7.98. The standard InChI is InChI=1S/C34H35F4N5O2S/c1-3-41-18-16-30(17-19-41)42(20-24-4-8-26(9-5-24)27-10-12-28(13-11-27)34(36,37)38)31(44)21-43-33(39-32(45)23(2)40-43)46-22-25-6-14-29(35)15-7-25/h4-15,30H,3,16-22H2,1-2H3. The Labute approximate surface area is 269 Å². The summed E-state index contributed by atoms with van der Waals surface area (Å²) < 4.78 is 53.9. The predicted molar refractivity (Wildman–Crippen MR) is 170 cm³/mol. The number of benzene rings is 3. The molecule has 0 atom stereocenters. The van der Waals surface area contributed by atoms with E-state index in [1.165, 1.54) is 40.7 Å². The monoisotopic (exact) mass is 653 g/mol. The van der Waals surface area contributed by atoms with E-state index in [2.05, 4.69) is 21.9 Å². The van der Waals surface area contributed by atoms with Crippen LogP contribution in [0.2, 0.25) is 0 Å². The number of piperidine rings is 1. The number of likely N-dealkylation sites (tertiary alicyclic amines) is 1. The number of rotatable bonds is 10. The SMILES string of the molecule is CCN1CCC(N(Cc2ccc(-c3ccc(C(F)(F)F)cc3)cc2)C(=O)Cn2nc(C)c(=O)nc2SCc2ccc(F)cc2)CC1. The Kier molecular flexibility index (Phi) is 10.6. The van der Waals surface area contributed by atoms with Crippen LogP contribution in [0, 0.1) is 12.7 Å². The summed E-state index contributed by atoms with van der Waals surface area (Å²) in [5.41, 5.74) is 2.17. The average molecular weight is 654 g/mol. The molecule has 1 saturated heterocycles. The highest BCUT2D eigenvalue weighted by Gasteiger charge is 2.30. The topological polar surface area (TPSA) is 71.3 Å². The second kappa shape index (κ2) is 14.6. The van der Waals surface area contributed by atoms with E-state index >= 15 is 0 Å². The predicted octanol–water partition coefficient (Wildman–Crippen LogP) is 6.58. The van der Waals surface area contributed by atoms with Crippen LogP contribution in [0.25, 0.3) is 11.1 Å². The van der Waals surface area contributed by atoms with Crippen LogP contribution in [0.4, 0.5) is 17.6 Å². The van der Waals surface area contributed by atoms with Gasteiger partial charge in [0.1, 0.15) is 18.1 Å². The molecule has 5 rings (SSSR count). The zero-order chi connectivity index (χ0) is 32.8. The number of carbonyl (C=O) groups excluding carboxylic acids is 1. The molecule has 46 heavy (non-hydrogen) atoms. The van der Waals surface area contributed by atoms with Crippen LogP contribution in [0.1, 0.15) is 42.1 Å². The molecule has 3 aromatic carbocycles. The number of aromatic nitrogens is 3. The summed E-state index contributed by atoms with van der Waals surface area (Å²) >= 11 is 1.25. The first kappa shape index (κ1) is 33.3. The smallest absolute Gasteiger partial charge is 0.334 e. The Morgan fingerprint density at radius 2 is 1.52 bits per heavy atom. The average Bonchev–Trinajstić information content (AvgIpc) is 3.05. The molecule has 0 radical (unpaired) electrons. The van der Waals surface area contributed by atoms with Gasteiger partial charge in [0, 0.05) is 31.4 Å². The van der Waals surface area contributed by atoms with Crippen LogP contribution in [-0.2, 0) is 29.8 Å². The summed E-state index contributed by atoms with van der Waals surface area (Å²) in [7, 11) is 0. The highest BCUT2D eigenvalue weighted by atomic mass is 32.2. The van der Waals surface area contributed by atoms with Gasteiger partial charge in [-0.15, -0.1) is 0 Å². The van der Waals surface area contributed by atoms with Gasteiger partial charge in [0.05, 0.1) is 5.56 Å². The Morgan fingerprint density at radius 3 is 2.11 bits per heavy atom. The van der Waals surface area contributed by atoms with Crippen molar-refractivity contribution in [3.8, 4) is 11.1 Å². The zero-order valence-corrected chi connectivity index (χ0v) is 26.5. The molecule has 0 N–H and O–H groups in total. The van der Waals surface area contributed by atoms with Gasteiger partial charge in [-0.3, -0.25) is 9.59 Å². The van der Waals surface area contributed by atoms with Crippen LogP contribution in [0.3, 0.4) is 0 Å². The number of hydrogen-bond acceptors (Lipinski definition) is 6. The Balaban J connectivity index is 1.36. The fourth-order valence-corrected chi connectivity index (χ4v) is 6.36. The van der Waals surface area contributed by atoms with Gasteiger partial charge >= 0.3 is 6.18 Å². The molecule has 1 amide bonds. The van der Waals surface area contributed by atoms with Gasteiger partial charge < -0.3 is 9.80 Å². The van der Waals surface area contributed by atoms with Crippen LogP contribution >= 0.6 is 11.8 Å². The van der Waals surface area contributed by atoms with Crippen LogP contribution < -0.4 is 5.56 Å². The van der Waals surface area contributed by atoms with E-state index < -0.39 is 17.3 Å². The van der Waals surface area contributed by atoms with Crippen molar-refractivity contribution >= 4 is 17.7 Å². The minimum Gasteiger partial charge on any atom is -0.334 e. The summed E-state index contributed by atoms with van der Waals surface area (Å²) in [6.07, 6.45) is -2.78. The maximum absolute atomic E-state index is 14.0. The lowest BCUT2D eigenvalue weighted by atomic mass is 10.00. The Hall–Kier alpha value is -4.03. The van der Waals surface area contributed by atoms with E-state index in [9.17, 15) is 27.2 Å². The second-order valence-corrected chi connectivity index (χ2v) is 12.3. The van der Waals surface area contributed by atoms with E-state index in [0.717, 1.165) is 61.3 Å². The maximum atomic E-state index is 14.0. The van der Waals surface area contributed by atoms with Crippen LogP contribution in [0.15, 0.2) is 82.7 Å². The first-order chi connectivity index (χ1) is 22.0. The molecule has 0 bridgehead atoms. The molecule has 1 fully saturated rings. The lowest BCUT2D eigenvalue weighted by Crippen LogP contribution is -2.48. The Bertz CT molecular complexity index is 1690. The molecule has 1 aromatic heterocycles. The van der Waals surface area contributed by atoms with Crippen molar-refractivity contribution in [2.45, 2.75) is 62.9 Å². The number of nitrogens with zero attached hydrogens (tertiary/aromatic N) is 5. The highest BCUT2D eigenvalue weighted by Crippen LogP contribution is 2.31. The summed E-state index contributed by atoms with van der Waals surface area (Å²) in [5.74, 6) is -0.0935. The third-order valence-electron chi connectivity index (χ3n) is 8.18. The van der Waals surface area contributed by atoms with E-state index in [1.54, 1.807) is 19.1 Å². The van der Waals surface area contributed by atoms with Gasteiger partial charge in [0.15, 0.2) is 5.16 Å². The first-order valence-corrected chi connectivity index (χ1v) is 16.1. The number of aryl methyl sites for hydroxylation is 1. The third kappa shape index (κ3) is 8.41. The van der Waals surface area contributed by atoms with Gasteiger partial charge in [-0.1, -0.05) is 67.2 Å². The normalized spacial score (nSPS) is 14.4. The van der Waals surface area contributed by atoms with Gasteiger partial charge in [-0.2, -0.15) is 23.3 Å². The molecular formula is C34H35F4N5O2S. The third-order valence-corrected chi connectivity index (χ3v) is 9.22. The number of alkyl halides is 3. The minimum absolute atomic E-state index is 0.00588. The minimum atomic E-state index is -4.40. The molecular weight excluding hydrogens is 618 g/mol. The Morgan fingerprint density at radius 1 is 0.935 bits per heavy atom. The van der Waals surface area contributed by atoms with Crippen LogP contribution in [-0.4, -0.2) is 56.1 Å². The molecule has 2 heterocycles. The number of amides is 1. The molecule has 0 aliphatic carbocycles. The van der Waals surface area contributed by atoms with E-state index in [1.807, 2.05) is 29.2 Å². The van der Waals surface area contributed by atoms with Gasteiger partial charge in [0.2, 0.25) is 5.91 Å². The van der Waals surface area contributed by atoms with Crippen molar-refractivity contribution in [1.29, 1.82) is 0 Å². The number of carbonyl (C=O) groups is 1. The van der Waals surface area contributed by atoms with E-state index in [0.29, 0.717) is 23.0 Å². The molecule has 1 aliphatic rings. The molecule has 0 saturated carbocycles. The largest absolute Gasteiger partial charge is 0.416 e. The van der Waals surface area contributed by atoms with Crippen LogP contribution in [0.5, 0.6) is 0 Å². The summed E-state index contributed by atoms with van der Waals surface area (Å²) in [5, 5.41) is 4.70. The van der Waals surface area contributed by atoms with Crippen molar-refractivity contribution in [1.82, 2.24) is 24.6 Å². The van der Waals surface area contributed by atoms with E-state index in [4.69, 9.17) is 0 Å². The number of halogens is 4. The molecule has 0 spiro atoms. The van der Waals surface area contributed by atoms with Gasteiger partial charge in [0.25, 0.3) is 5.56 Å². The number of hydrogen-bond donors (Lipinski definition) is 0. The van der Waals surface area contributed by atoms with Gasteiger partial charge in [-0.05, 0) is 72.8 Å². The summed E-state index contributed by atoms with van der Waals surface area (Å²) in [6, 6.07) is 18.6. The first-order valence-electron chi connectivity index (χ1n) is 15.1. The van der Waals surface area contributed by atoms with Crippen molar-refractivity contribution in [2.24, 2.45) is 0 Å². The van der Waals surface area contributed by atoms with Crippen molar-refractivity contribution in [2.75, 3.05) is 19.6 Å². The fourth-order valence-electron chi connectivity index (χ4n) is 5.47. The number of thioether (sulfide) groups is 1. The fraction of sp³-hybridized carbons (Fsp3) is 0.353. The molecule has 1 aliphatic heterocycles. The van der Waals surface area contributed by atoms with Gasteiger partial charge in [-0.25, -0.2) is 9.07 Å². The quantitative estimate of drug-likeness (QED) is 0.142. The second-order valence-electron chi connectivity index (χ2n) is 11.3. The molecule has 242 valence electrons. The zero-order valence-electron chi connectivity index (χ0n) is 25.6. The lowest BCUT2D eigenvalue weighted by Gasteiger charge is -2.38. The molecule has 7 nitrogen and oxygen atoms in total. The molecule has 4 aromatic rings. The van der Waals surface area contributed by atoms with Crippen molar-refractivity contribution in [3.05, 3.63) is 111 Å². The van der Waals surface area contributed by atoms with Crippen molar-refractivity contribution in [3.63, 3.8) is 0 Å².